The summed E-state index contributed by atoms with van der Waals surface area (Å²) in [7, 11) is 2.11. The SMILES string of the molecule is CCc1cccc(N2C(=O)C(Cc3ccccc3)N=C2N(C)C2CCCCC2)c1. The molecule has 0 bridgehead atoms. The van der Waals surface area contributed by atoms with Gasteiger partial charge in [0.05, 0.1) is 5.69 Å². The number of rotatable bonds is 5. The summed E-state index contributed by atoms with van der Waals surface area (Å²) in [4.78, 5) is 22.6. The third kappa shape index (κ3) is 4.21. The van der Waals surface area contributed by atoms with E-state index in [1.54, 1.807) is 0 Å². The van der Waals surface area contributed by atoms with Crippen molar-refractivity contribution in [2.75, 3.05) is 11.9 Å². The van der Waals surface area contributed by atoms with Crippen LogP contribution in [0.3, 0.4) is 0 Å². The number of aliphatic imine (C=N–C) groups is 1. The standard InChI is InChI=1S/C25H31N3O/c1-3-19-13-10-16-22(17-19)28-24(29)23(18-20-11-6-4-7-12-20)26-25(28)27(2)21-14-8-5-9-15-21/h4,6-7,10-13,16-17,21,23H,3,5,8-9,14-15,18H2,1-2H3. The fraction of sp³-hybridized carbons (Fsp3) is 0.440. The number of guanidine groups is 1. The largest absolute Gasteiger partial charge is 0.342 e. The van der Waals surface area contributed by atoms with Gasteiger partial charge in [-0.25, -0.2) is 9.89 Å². The molecule has 1 saturated carbocycles. The van der Waals surface area contributed by atoms with E-state index in [0.717, 1.165) is 23.6 Å². The molecular formula is C25H31N3O. The van der Waals surface area contributed by atoms with Crippen LogP contribution in [-0.4, -0.2) is 35.9 Å². The average molecular weight is 390 g/mol. The zero-order chi connectivity index (χ0) is 20.2. The molecule has 2 aromatic rings. The molecule has 1 aliphatic carbocycles. The van der Waals surface area contributed by atoms with Gasteiger partial charge in [-0.15, -0.1) is 0 Å². The van der Waals surface area contributed by atoms with Gasteiger partial charge in [-0.3, -0.25) is 4.79 Å². The van der Waals surface area contributed by atoms with Crippen LogP contribution in [-0.2, 0) is 17.6 Å². The van der Waals surface area contributed by atoms with E-state index in [1.165, 1.54) is 37.7 Å². The Morgan fingerprint density at radius 3 is 2.45 bits per heavy atom. The molecule has 1 heterocycles. The third-order valence-corrected chi connectivity index (χ3v) is 6.26. The summed E-state index contributed by atoms with van der Waals surface area (Å²) < 4.78 is 0. The number of aryl methyl sites for hydroxylation is 1. The van der Waals surface area contributed by atoms with Crippen molar-refractivity contribution >= 4 is 17.6 Å². The van der Waals surface area contributed by atoms with Crippen LogP contribution in [0.15, 0.2) is 59.6 Å². The second-order valence-corrected chi connectivity index (χ2v) is 8.23. The molecule has 0 spiro atoms. The zero-order valence-electron chi connectivity index (χ0n) is 17.6. The molecule has 1 atom stereocenters. The minimum atomic E-state index is -0.358. The maximum atomic E-state index is 13.5. The lowest BCUT2D eigenvalue weighted by molar-refractivity contribution is -0.118. The van der Waals surface area contributed by atoms with E-state index >= 15 is 0 Å². The van der Waals surface area contributed by atoms with Gasteiger partial charge in [-0.1, -0.05) is 68.7 Å². The van der Waals surface area contributed by atoms with E-state index in [1.807, 2.05) is 35.2 Å². The van der Waals surface area contributed by atoms with Gasteiger partial charge in [0.15, 0.2) is 0 Å². The number of benzene rings is 2. The van der Waals surface area contributed by atoms with Gasteiger partial charge < -0.3 is 4.90 Å². The fourth-order valence-electron chi connectivity index (χ4n) is 4.51. The molecule has 4 nitrogen and oxygen atoms in total. The van der Waals surface area contributed by atoms with Crippen molar-refractivity contribution in [3.8, 4) is 0 Å². The highest BCUT2D eigenvalue weighted by atomic mass is 16.2. The summed E-state index contributed by atoms with van der Waals surface area (Å²) in [6.45, 7) is 2.15. The fourth-order valence-corrected chi connectivity index (χ4v) is 4.51. The van der Waals surface area contributed by atoms with Crippen molar-refractivity contribution in [2.45, 2.75) is 64.0 Å². The van der Waals surface area contributed by atoms with Crippen molar-refractivity contribution < 1.29 is 4.79 Å². The van der Waals surface area contributed by atoms with Crippen LogP contribution in [0.2, 0.25) is 0 Å². The molecule has 1 unspecified atom stereocenters. The molecule has 152 valence electrons. The molecule has 0 N–H and O–H groups in total. The summed E-state index contributed by atoms with van der Waals surface area (Å²) in [6.07, 6.45) is 7.78. The summed E-state index contributed by atoms with van der Waals surface area (Å²) in [5.41, 5.74) is 3.33. The molecule has 2 aliphatic rings. The first kappa shape index (κ1) is 19.7. The Hall–Kier alpha value is -2.62. The quantitative estimate of drug-likeness (QED) is 0.734. The molecule has 1 aliphatic heterocycles. The number of carbonyl (C=O) groups excluding carboxylic acids is 1. The lowest BCUT2D eigenvalue weighted by atomic mass is 9.94. The van der Waals surface area contributed by atoms with Crippen molar-refractivity contribution in [1.82, 2.24) is 4.90 Å². The average Bonchev–Trinajstić information content (AvgIpc) is 3.10. The normalized spacial score (nSPS) is 20.1. The Bertz CT molecular complexity index is 871. The van der Waals surface area contributed by atoms with Gasteiger partial charge in [0.1, 0.15) is 6.04 Å². The molecule has 2 aromatic carbocycles. The molecule has 4 rings (SSSR count). The van der Waals surface area contributed by atoms with Crippen molar-refractivity contribution in [3.63, 3.8) is 0 Å². The third-order valence-electron chi connectivity index (χ3n) is 6.26. The number of amides is 1. The van der Waals surface area contributed by atoms with Crippen molar-refractivity contribution in [3.05, 3.63) is 65.7 Å². The maximum absolute atomic E-state index is 13.5. The topological polar surface area (TPSA) is 35.9 Å². The van der Waals surface area contributed by atoms with Crippen molar-refractivity contribution in [1.29, 1.82) is 0 Å². The van der Waals surface area contributed by atoms with Crippen LogP contribution in [0.4, 0.5) is 5.69 Å². The first-order chi connectivity index (χ1) is 14.2. The van der Waals surface area contributed by atoms with Crippen LogP contribution in [0, 0.1) is 0 Å². The second kappa shape index (κ2) is 8.81. The van der Waals surface area contributed by atoms with Gasteiger partial charge in [0, 0.05) is 19.5 Å². The molecule has 4 heteroatoms. The van der Waals surface area contributed by atoms with E-state index in [0.29, 0.717) is 12.5 Å². The van der Waals surface area contributed by atoms with Crippen LogP contribution >= 0.6 is 0 Å². The molecule has 29 heavy (non-hydrogen) atoms. The van der Waals surface area contributed by atoms with Crippen LogP contribution in [0.25, 0.3) is 0 Å². The monoisotopic (exact) mass is 389 g/mol. The Kier molecular flexibility index (Phi) is 5.98. The molecule has 0 radical (unpaired) electrons. The van der Waals surface area contributed by atoms with Crippen LogP contribution < -0.4 is 4.90 Å². The van der Waals surface area contributed by atoms with E-state index in [-0.39, 0.29) is 11.9 Å². The second-order valence-electron chi connectivity index (χ2n) is 8.23. The molecular weight excluding hydrogens is 358 g/mol. The Balaban J connectivity index is 1.66. The minimum Gasteiger partial charge on any atom is -0.342 e. The first-order valence-electron chi connectivity index (χ1n) is 10.9. The van der Waals surface area contributed by atoms with E-state index in [2.05, 4.69) is 43.1 Å². The molecule has 1 fully saturated rings. The van der Waals surface area contributed by atoms with Gasteiger partial charge in [-0.05, 0) is 42.5 Å². The summed E-state index contributed by atoms with van der Waals surface area (Å²) in [5.74, 6) is 0.899. The zero-order valence-corrected chi connectivity index (χ0v) is 17.6. The highest BCUT2D eigenvalue weighted by Crippen LogP contribution is 2.29. The predicted octanol–water partition coefficient (Wildman–Crippen LogP) is 4.83. The predicted molar refractivity (Wildman–Crippen MR) is 119 cm³/mol. The van der Waals surface area contributed by atoms with Crippen LogP contribution in [0.1, 0.15) is 50.2 Å². The van der Waals surface area contributed by atoms with E-state index in [4.69, 9.17) is 4.99 Å². The summed E-state index contributed by atoms with van der Waals surface area (Å²) in [6, 6.07) is 18.6. The lowest BCUT2D eigenvalue weighted by Gasteiger charge is -2.35. The lowest BCUT2D eigenvalue weighted by Crippen LogP contribution is -2.48. The van der Waals surface area contributed by atoms with E-state index < -0.39 is 0 Å². The Labute approximate surface area is 174 Å². The highest BCUT2D eigenvalue weighted by molar-refractivity contribution is 6.22. The summed E-state index contributed by atoms with van der Waals surface area (Å²) >= 11 is 0. The number of carbonyl (C=O) groups is 1. The number of hydrogen-bond acceptors (Lipinski definition) is 3. The summed E-state index contributed by atoms with van der Waals surface area (Å²) in [5, 5.41) is 0. The number of nitrogens with zero attached hydrogens (tertiary/aromatic N) is 3. The van der Waals surface area contributed by atoms with Gasteiger partial charge in [-0.2, -0.15) is 0 Å². The number of anilines is 1. The smallest absolute Gasteiger partial charge is 0.259 e. The maximum Gasteiger partial charge on any atom is 0.259 e. The first-order valence-corrected chi connectivity index (χ1v) is 10.9. The van der Waals surface area contributed by atoms with Gasteiger partial charge >= 0.3 is 0 Å². The van der Waals surface area contributed by atoms with Gasteiger partial charge in [0.2, 0.25) is 5.96 Å². The van der Waals surface area contributed by atoms with Crippen LogP contribution in [0.5, 0.6) is 0 Å². The molecule has 1 amide bonds. The van der Waals surface area contributed by atoms with Crippen molar-refractivity contribution in [2.24, 2.45) is 4.99 Å². The minimum absolute atomic E-state index is 0.0831. The Morgan fingerprint density at radius 1 is 1.00 bits per heavy atom. The van der Waals surface area contributed by atoms with Gasteiger partial charge in [0.25, 0.3) is 5.91 Å². The number of hydrogen-bond donors (Lipinski definition) is 0. The molecule has 0 aromatic heterocycles. The molecule has 0 saturated heterocycles. The highest BCUT2D eigenvalue weighted by Gasteiger charge is 2.39. The Morgan fingerprint density at radius 2 is 1.72 bits per heavy atom. The van der Waals surface area contributed by atoms with E-state index in [9.17, 15) is 4.79 Å².